The molecule has 1 aliphatic rings. The van der Waals surface area contributed by atoms with Crippen molar-refractivity contribution in [2.75, 3.05) is 0 Å². The molecule has 6 nitrogen and oxygen atoms in total. The third-order valence-electron chi connectivity index (χ3n) is 3.23. The van der Waals surface area contributed by atoms with Crippen LogP contribution in [0.4, 0.5) is 0 Å². The maximum absolute atomic E-state index is 8.68. The normalized spacial score (nSPS) is 20.1. The van der Waals surface area contributed by atoms with Crippen molar-refractivity contribution < 1.29 is 9.94 Å². The molecule has 1 aliphatic carbocycles. The highest BCUT2D eigenvalue weighted by Gasteiger charge is 2.19. The molecule has 0 aliphatic heterocycles. The molecule has 0 spiro atoms. The molecule has 0 saturated heterocycles. The van der Waals surface area contributed by atoms with Crippen molar-refractivity contribution in [3.05, 3.63) is 12.2 Å². The number of ether oxygens (including phenoxy) is 1. The van der Waals surface area contributed by atoms with Crippen molar-refractivity contribution in [1.82, 2.24) is 14.8 Å². The zero-order valence-corrected chi connectivity index (χ0v) is 10.7. The van der Waals surface area contributed by atoms with Crippen molar-refractivity contribution >= 4 is 5.71 Å². The van der Waals surface area contributed by atoms with Crippen LogP contribution in [0.15, 0.2) is 11.5 Å². The Bertz CT molecular complexity index is 393. The minimum Gasteiger partial charge on any atom is -0.411 e. The molecule has 1 aromatic heterocycles. The summed E-state index contributed by atoms with van der Waals surface area (Å²) in [4.78, 5) is 4.21. The Kier molecular flexibility index (Phi) is 4.69. The fraction of sp³-hybridized carbons (Fsp3) is 0.750. The fourth-order valence-corrected chi connectivity index (χ4v) is 2.18. The molecular weight excluding hydrogens is 232 g/mol. The maximum atomic E-state index is 8.68. The minimum atomic E-state index is 0.238. The standard InChI is InChI=1S/C12H20N4O2/c1-2-7-16-12(13-9-14-16)8-18-11-5-3-10(15-17)4-6-11/h9,11,17H,2-8H2,1H3. The van der Waals surface area contributed by atoms with Crippen LogP contribution in [0.3, 0.4) is 0 Å². The van der Waals surface area contributed by atoms with E-state index in [4.69, 9.17) is 9.94 Å². The summed E-state index contributed by atoms with van der Waals surface area (Å²) < 4.78 is 7.74. The highest BCUT2D eigenvalue weighted by atomic mass is 16.5. The van der Waals surface area contributed by atoms with Gasteiger partial charge in [0.25, 0.3) is 0 Å². The molecule has 0 atom stereocenters. The Labute approximate surface area is 107 Å². The summed E-state index contributed by atoms with van der Waals surface area (Å²) >= 11 is 0. The largest absolute Gasteiger partial charge is 0.411 e. The second-order valence-corrected chi connectivity index (χ2v) is 4.58. The first kappa shape index (κ1) is 13.0. The Hall–Kier alpha value is -1.43. The number of nitrogens with zero attached hydrogens (tertiary/aromatic N) is 4. The van der Waals surface area contributed by atoms with E-state index in [1.807, 2.05) is 4.68 Å². The Morgan fingerprint density at radius 3 is 2.94 bits per heavy atom. The summed E-state index contributed by atoms with van der Waals surface area (Å²) in [5.74, 6) is 0.887. The smallest absolute Gasteiger partial charge is 0.152 e. The number of oxime groups is 1. The van der Waals surface area contributed by atoms with E-state index in [1.165, 1.54) is 0 Å². The molecule has 1 saturated carbocycles. The van der Waals surface area contributed by atoms with E-state index in [2.05, 4.69) is 22.2 Å². The van der Waals surface area contributed by atoms with Crippen molar-refractivity contribution in [1.29, 1.82) is 0 Å². The molecule has 1 aromatic rings. The first-order valence-electron chi connectivity index (χ1n) is 6.51. The number of rotatable bonds is 5. The lowest BCUT2D eigenvalue weighted by molar-refractivity contribution is 0.0222. The van der Waals surface area contributed by atoms with Crippen LogP contribution in [0.2, 0.25) is 0 Å². The molecule has 2 rings (SSSR count). The van der Waals surface area contributed by atoms with E-state index < -0.39 is 0 Å². The van der Waals surface area contributed by atoms with Gasteiger partial charge in [-0.05, 0) is 32.1 Å². The SMILES string of the molecule is CCCn1ncnc1COC1CCC(=NO)CC1. The maximum Gasteiger partial charge on any atom is 0.152 e. The van der Waals surface area contributed by atoms with Crippen LogP contribution in [-0.2, 0) is 17.9 Å². The quantitative estimate of drug-likeness (QED) is 0.642. The Balaban J connectivity index is 1.79. The van der Waals surface area contributed by atoms with Gasteiger partial charge in [-0.3, -0.25) is 0 Å². The van der Waals surface area contributed by atoms with Gasteiger partial charge in [-0.15, -0.1) is 0 Å². The van der Waals surface area contributed by atoms with Crippen LogP contribution in [0.25, 0.3) is 0 Å². The van der Waals surface area contributed by atoms with Gasteiger partial charge in [0.1, 0.15) is 12.9 Å². The van der Waals surface area contributed by atoms with Crippen molar-refractivity contribution in [3.63, 3.8) is 0 Å². The molecule has 0 aromatic carbocycles. The summed E-state index contributed by atoms with van der Waals surface area (Å²) in [6.07, 6.45) is 6.33. The average Bonchev–Trinajstić information content (AvgIpc) is 2.85. The summed E-state index contributed by atoms with van der Waals surface area (Å²) in [6.45, 7) is 3.50. The van der Waals surface area contributed by atoms with Crippen molar-refractivity contribution in [2.45, 2.75) is 58.3 Å². The Morgan fingerprint density at radius 1 is 1.50 bits per heavy atom. The summed E-state index contributed by atoms with van der Waals surface area (Å²) in [6, 6.07) is 0. The second-order valence-electron chi connectivity index (χ2n) is 4.58. The Morgan fingerprint density at radius 2 is 2.28 bits per heavy atom. The third kappa shape index (κ3) is 3.29. The van der Waals surface area contributed by atoms with Gasteiger partial charge in [-0.25, -0.2) is 9.67 Å². The van der Waals surface area contributed by atoms with E-state index in [-0.39, 0.29) is 6.10 Å². The second kappa shape index (κ2) is 6.49. The zero-order valence-electron chi connectivity index (χ0n) is 10.7. The van der Waals surface area contributed by atoms with Crippen LogP contribution in [-0.4, -0.2) is 31.8 Å². The topological polar surface area (TPSA) is 72.5 Å². The molecule has 100 valence electrons. The number of hydrogen-bond donors (Lipinski definition) is 1. The van der Waals surface area contributed by atoms with Crippen LogP contribution in [0, 0.1) is 0 Å². The number of aryl methyl sites for hydroxylation is 1. The third-order valence-corrected chi connectivity index (χ3v) is 3.23. The first-order chi connectivity index (χ1) is 8.83. The van der Waals surface area contributed by atoms with Gasteiger partial charge in [-0.1, -0.05) is 12.1 Å². The predicted octanol–water partition coefficient (Wildman–Crippen LogP) is 1.98. The van der Waals surface area contributed by atoms with Gasteiger partial charge in [0.15, 0.2) is 5.82 Å². The molecule has 0 unspecified atom stereocenters. The molecular formula is C12H20N4O2. The summed E-state index contributed by atoms with van der Waals surface area (Å²) in [5, 5.41) is 16.1. The van der Waals surface area contributed by atoms with Crippen LogP contribution < -0.4 is 0 Å². The van der Waals surface area contributed by atoms with E-state index in [1.54, 1.807) is 6.33 Å². The molecule has 1 N–H and O–H groups in total. The molecule has 0 amide bonds. The average molecular weight is 252 g/mol. The van der Waals surface area contributed by atoms with Crippen molar-refractivity contribution in [3.8, 4) is 0 Å². The number of aromatic nitrogens is 3. The monoisotopic (exact) mass is 252 g/mol. The lowest BCUT2D eigenvalue weighted by atomic mass is 9.96. The van der Waals surface area contributed by atoms with Gasteiger partial charge >= 0.3 is 0 Å². The van der Waals surface area contributed by atoms with Gasteiger partial charge in [0, 0.05) is 6.54 Å². The van der Waals surface area contributed by atoms with Crippen molar-refractivity contribution in [2.24, 2.45) is 5.16 Å². The molecule has 0 radical (unpaired) electrons. The van der Waals surface area contributed by atoms with Gasteiger partial charge in [-0.2, -0.15) is 5.10 Å². The van der Waals surface area contributed by atoms with E-state index in [0.29, 0.717) is 6.61 Å². The van der Waals surface area contributed by atoms with Crippen LogP contribution >= 0.6 is 0 Å². The first-order valence-corrected chi connectivity index (χ1v) is 6.51. The number of hydrogen-bond acceptors (Lipinski definition) is 5. The van der Waals surface area contributed by atoms with E-state index in [9.17, 15) is 0 Å². The summed E-state index contributed by atoms with van der Waals surface area (Å²) in [7, 11) is 0. The van der Waals surface area contributed by atoms with E-state index in [0.717, 1.165) is 50.2 Å². The van der Waals surface area contributed by atoms with Crippen LogP contribution in [0.5, 0.6) is 0 Å². The van der Waals surface area contributed by atoms with E-state index >= 15 is 0 Å². The molecule has 0 bridgehead atoms. The highest BCUT2D eigenvalue weighted by molar-refractivity contribution is 5.84. The summed E-state index contributed by atoms with van der Waals surface area (Å²) in [5.41, 5.74) is 0.879. The van der Waals surface area contributed by atoms with Gasteiger partial charge < -0.3 is 9.94 Å². The zero-order chi connectivity index (χ0) is 12.8. The predicted molar refractivity (Wildman–Crippen MR) is 66.6 cm³/mol. The van der Waals surface area contributed by atoms with Gasteiger partial charge in [0.05, 0.1) is 11.8 Å². The molecule has 6 heteroatoms. The minimum absolute atomic E-state index is 0.238. The lowest BCUT2D eigenvalue weighted by Gasteiger charge is -2.22. The van der Waals surface area contributed by atoms with Gasteiger partial charge in [0.2, 0.25) is 0 Å². The fourth-order valence-electron chi connectivity index (χ4n) is 2.18. The molecule has 18 heavy (non-hydrogen) atoms. The lowest BCUT2D eigenvalue weighted by Crippen LogP contribution is -2.22. The molecule has 1 heterocycles. The molecule has 1 fully saturated rings. The van der Waals surface area contributed by atoms with Crippen LogP contribution in [0.1, 0.15) is 44.9 Å². The highest BCUT2D eigenvalue weighted by Crippen LogP contribution is 2.19.